The summed E-state index contributed by atoms with van der Waals surface area (Å²) in [6, 6.07) is 6.38. The molecule has 1 rings (SSSR count). The molecular formula is C20H31N5O5. The zero-order valence-corrected chi connectivity index (χ0v) is 17.1. The van der Waals surface area contributed by atoms with Gasteiger partial charge in [-0.15, -0.1) is 0 Å². The number of benzene rings is 1. The number of carbonyl (C=O) groups excluding carboxylic acids is 3. The van der Waals surface area contributed by atoms with Gasteiger partial charge in [0, 0.05) is 6.42 Å². The number of carboxylic acid groups (broad SMARTS) is 1. The molecular weight excluding hydrogens is 390 g/mol. The molecule has 3 atom stereocenters. The number of hydrogen-bond acceptors (Lipinski definition) is 6. The van der Waals surface area contributed by atoms with Gasteiger partial charge in [-0.05, 0) is 38.3 Å². The monoisotopic (exact) mass is 421 g/mol. The number of carbonyl (C=O) groups is 4. The van der Waals surface area contributed by atoms with E-state index >= 15 is 0 Å². The molecule has 10 nitrogen and oxygen atoms in total. The van der Waals surface area contributed by atoms with Crippen LogP contribution in [0.2, 0.25) is 0 Å². The third-order valence-electron chi connectivity index (χ3n) is 4.32. The van der Waals surface area contributed by atoms with E-state index in [1.807, 2.05) is 30.3 Å². The van der Waals surface area contributed by atoms with Crippen LogP contribution in [0.3, 0.4) is 0 Å². The molecule has 8 N–H and O–H groups in total. The summed E-state index contributed by atoms with van der Waals surface area (Å²) in [5.74, 6) is -2.86. The SMILES string of the molecule is CC(N)C(=O)NC(Cc1ccccc1)C(=O)NC(CCCCN)C(=O)NCC(=O)O. The summed E-state index contributed by atoms with van der Waals surface area (Å²) in [5, 5.41) is 16.3. The van der Waals surface area contributed by atoms with Crippen LogP contribution in [0.4, 0.5) is 0 Å². The van der Waals surface area contributed by atoms with Gasteiger partial charge < -0.3 is 32.5 Å². The van der Waals surface area contributed by atoms with E-state index in [1.165, 1.54) is 6.92 Å². The minimum atomic E-state index is -1.19. The lowest BCUT2D eigenvalue weighted by Crippen LogP contribution is -2.56. The molecule has 0 aromatic heterocycles. The van der Waals surface area contributed by atoms with Gasteiger partial charge in [0.25, 0.3) is 0 Å². The highest BCUT2D eigenvalue weighted by molar-refractivity contribution is 5.93. The van der Waals surface area contributed by atoms with E-state index in [0.717, 1.165) is 5.56 Å². The minimum Gasteiger partial charge on any atom is -0.480 e. The van der Waals surface area contributed by atoms with Crippen LogP contribution >= 0.6 is 0 Å². The van der Waals surface area contributed by atoms with Crippen molar-refractivity contribution in [2.75, 3.05) is 13.1 Å². The Hall–Kier alpha value is -2.98. The number of nitrogens with one attached hydrogen (secondary N) is 3. The second-order valence-corrected chi connectivity index (χ2v) is 7.00. The zero-order chi connectivity index (χ0) is 22.5. The molecule has 3 amide bonds. The van der Waals surface area contributed by atoms with Crippen molar-refractivity contribution in [3.63, 3.8) is 0 Å². The van der Waals surface area contributed by atoms with Gasteiger partial charge >= 0.3 is 5.97 Å². The molecule has 0 aliphatic heterocycles. The maximum Gasteiger partial charge on any atom is 0.322 e. The smallest absolute Gasteiger partial charge is 0.322 e. The van der Waals surface area contributed by atoms with E-state index in [2.05, 4.69) is 16.0 Å². The highest BCUT2D eigenvalue weighted by atomic mass is 16.4. The van der Waals surface area contributed by atoms with E-state index in [9.17, 15) is 19.2 Å². The lowest BCUT2D eigenvalue weighted by atomic mass is 10.0. The molecule has 1 aromatic rings. The third-order valence-corrected chi connectivity index (χ3v) is 4.32. The van der Waals surface area contributed by atoms with Gasteiger partial charge in [-0.3, -0.25) is 19.2 Å². The van der Waals surface area contributed by atoms with Crippen LogP contribution in [0.1, 0.15) is 31.7 Å². The van der Waals surface area contributed by atoms with Crippen molar-refractivity contribution in [2.24, 2.45) is 11.5 Å². The van der Waals surface area contributed by atoms with Crippen molar-refractivity contribution in [2.45, 2.75) is 50.7 Å². The fraction of sp³-hybridized carbons (Fsp3) is 0.500. The van der Waals surface area contributed by atoms with Crippen molar-refractivity contribution in [1.29, 1.82) is 0 Å². The zero-order valence-electron chi connectivity index (χ0n) is 17.1. The van der Waals surface area contributed by atoms with Crippen LogP contribution in [0.5, 0.6) is 0 Å². The summed E-state index contributed by atoms with van der Waals surface area (Å²) < 4.78 is 0. The maximum absolute atomic E-state index is 12.9. The number of nitrogens with two attached hydrogens (primary N) is 2. The fourth-order valence-corrected chi connectivity index (χ4v) is 2.68. The molecule has 0 aliphatic rings. The van der Waals surface area contributed by atoms with Crippen LogP contribution in [0, 0.1) is 0 Å². The predicted molar refractivity (Wildman–Crippen MR) is 111 cm³/mol. The summed E-state index contributed by atoms with van der Waals surface area (Å²) in [4.78, 5) is 48.1. The summed E-state index contributed by atoms with van der Waals surface area (Å²) in [6.07, 6.45) is 1.70. The lowest BCUT2D eigenvalue weighted by Gasteiger charge is -2.24. The van der Waals surface area contributed by atoms with E-state index < -0.39 is 48.4 Å². The molecule has 0 radical (unpaired) electrons. The summed E-state index contributed by atoms with van der Waals surface area (Å²) >= 11 is 0. The second-order valence-electron chi connectivity index (χ2n) is 7.00. The number of aliphatic carboxylic acids is 1. The Balaban J connectivity index is 2.93. The molecule has 0 saturated heterocycles. The van der Waals surface area contributed by atoms with Crippen LogP contribution in [-0.2, 0) is 25.6 Å². The van der Waals surface area contributed by atoms with Crippen molar-refractivity contribution in [3.8, 4) is 0 Å². The predicted octanol–water partition coefficient (Wildman–Crippen LogP) is -1.12. The average molecular weight is 421 g/mol. The molecule has 30 heavy (non-hydrogen) atoms. The number of carboxylic acids is 1. The highest BCUT2D eigenvalue weighted by Gasteiger charge is 2.27. The molecule has 0 heterocycles. The number of unbranched alkanes of at least 4 members (excludes halogenated alkanes) is 1. The van der Waals surface area contributed by atoms with Gasteiger partial charge in [-0.25, -0.2) is 0 Å². The number of rotatable bonds is 13. The van der Waals surface area contributed by atoms with Crippen molar-refractivity contribution >= 4 is 23.7 Å². The molecule has 166 valence electrons. The molecule has 0 aliphatic carbocycles. The molecule has 0 spiro atoms. The quantitative estimate of drug-likeness (QED) is 0.218. The highest BCUT2D eigenvalue weighted by Crippen LogP contribution is 2.06. The van der Waals surface area contributed by atoms with Crippen molar-refractivity contribution in [1.82, 2.24) is 16.0 Å². The van der Waals surface area contributed by atoms with Crippen LogP contribution in [0.15, 0.2) is 30.3 Å². The van der Waals surface area contributed by atoms with E-state index in [-0.39, 0.29) is 12.8 Å². The maximum atomic E-state index is 12.9. The van der Waals surface area contributed by atoms with Gasteiger partial charge in [-0.2, -0.15) is 0 Å². The van der Waals surface area contributed by atoms with Crippen molar-refractivity contribution < 1.29 is 24.3 Å². The Bertz CT molecular complexity index is 711. The first-order valence-corrected chi connectivity index (χ1v) is 9.84. The van der Waals surface area contributed by atoms with Gasteiger partial charge in [-0.1, -0.05) is 30.3 Å². The summed E-state index contributed by atoms with van der Waals surface area (Å²) in [6.45, 7) is 1.37. The summed E-state index contributed by atoms with van der Waals surface area (Å²) in [7, 11) is 0. The topological polar surface area (TPSA) is 177 Å². The lowest BCUT2D eigenvalue weighted by molar-refractivity contribution is -0.138. The summed E-state index contributed by atoms with van der Waals surface area (Å²) in [5.41, 5.74) is 11.9. The Labute approximate surface area is 175 Å². The van der Waals surface area contributed by atoms with Gasteiger partial charge in [0.2, 0.25) is 17.7 Å². The van der Waals surface area contributed by atoms with Gasteiger partial charge in [0.1, 0.15) is 18.6 Å². The Morgan fingerprint density at radius 3 is 2.17 bits per heavy atom. The number of amides is 3. The van der Waals surface area contributed by atoms with Crippen LogP contribution in [0.25, 0.3) is 0 Å². The second kappa shape index (κ2) is 13.3. The van der Waals surface area contributed by atoms with Gasteiger partial charge in [0.15, 0.2) is 0 Å². The Morgan fingerprint density at radius 1 is 0.967 bits per heavy atom. The largest absolute Gasteiger partial charge is 0.480 e. The third kappa shape index (κ3) is 9.48. The molecule has 0 saturated carbocycles. The molecule has 0 fully saturated rings. The number of hydrogen-bond donors (Lipinski definition) is 6. The Morgan fingerprint density at radius 2 is 1.60 bits per heavy atom. The average Bonchev–Trinajstić information content (AvgIpc) is 2.71. The standard InChI is InChI=1S/C20H31N5O5/c1-13(22)18(28)25-16(11-14-7-3-2-4-8-14)20(30)24-15(9-5-6-10-21)19(29)23-12-17(26)27/h2-4,7-8,13,15-16H,5-6,9-12,21-22H2,1H3,(H,23,29)(H,24,30)(H,25,28)(H,26,27). The molecule has 1 aromatic carbocycles. The molecule has 10 heteroatoms. The first kappa shape index (κ1) is 25.1. The van der Waals surface area contributed by atoms with E-state index in [4.69, 9.17) is 16.6 Å². The molecule has 3 unspecified atom stereocenters. The van der Waals surface area contributed by atoms with Crippen LogP contribution < -0.4 is 27.4 Å². The van der Waals surface area contributed by atoms with E-state index in [0.29, 0.717) is 19.4 Å². The first-order chi connectivity index (χ1) is 14.2. The van der Waals surface area contributed by atoms with Crippen LogP contribution in [-0.4, -0.2) is 60.0 Å². The van der Waals surface area contributed by atoms with Gasteiger partial charge in [0.05, 0.1) is 6.04 Å². The fourth-order valence-electron chi connectivity index (χ4n) is 2.68. The minimum absolute atomic E-state index is 0.206. The first-order valence-electron chi connectivity index (χ1n) is 9.84. The van der Waals surface area contributed by atoms with Crippen molar-refractivity contribution in [3.05, 3.63) is 35.9 Å². The van der Waals surface area contributed by atoms with E-state index in [1.54, 1.807) is 0 Å². The molecule has 0 bridgehead atoms. The Kier molecular flexibility index (Phi) is 11.1. The normalized spacial score (nSPS) is 13.6.